The number of fused-ring (bicyclic) bond motifs is 1. The van der Waals surface area contributed by atoms with E-state index in [4.69, 9.17) is 9.84 Å². The molecule has 9 heteroatoms. The predicted molar refractivity (Wildman–Crippen MR) is 126 cm³/mol. The topological polar surface area (TPSA) is 125 Å². The molecule has 3 aromatic rings. The van der Waals surface area contributed by atoms with Gasteiger partial charge >= 0.3 is 12.1 Å². The number of benzene rings is 1. The summed E-state index contributed by atoms with van der Waals surface area (Å²) in [5.41, 5.74) is 2.66. The second-order valence-electron chi connectivity index (χ2n) is 8.62. The van der Waals surface area contributed by atoms with Gasteiger partial charge in [-0.25, -0.2) is 14.6 Å². The van der Waals surface area contributed by atoms with Crippen molar-refractivity contribution in [2.45, 2.75) is 26.4 Å². The molecule has 0 spiro atoms. The SMILES string of the molecule is CN(C)C(=O)c1cc(-c2cnc3[nH]cc(/C=C/C(=O)O)c3c2)ccc1NC(=O)OC(C)(C)C. The number of anilines is 1. The molecule has 0 aliphatic rings. The van der Waals surface area contributed by atoms with Crippen LogP contribution >= 0.6 is 0 Å². The van der Waals surface area contributed by atoms with E-state index in [-0.39, 0.29) is 5.91 Å². The molecule has 0 radical (unpaired) electrons. The summed E-state index contributed by atoms with van der Waals surface area (Å²) in [6.07, 6.45) is 5.22. The predicted octanol–water partition coefficient (Wildman–Crippen LogP) is 4.38. The van der Waals surface area contributed by atoms with Crippen molar-refractivity contribution in [2.75, 3.05) is 19.4 Å². The van der Waals surface area contributed by atoms with E-state index in [1.807, 2.05) is 6.07 Å². The van der Waals surface area contributed by atoms with Crippen molar-refractivity contribution in [3.05, 3.63) is 53.9 Å². The molecule has 0 saturated heterocycles. The van der Waals surface area contributed by atoms with Crippen molar-refractivity contribution < 1.29 is 24.2 Å². The summed E-state index contributed by atoms with van der Waals surface area (Å²) < 4.78 is 5.31. The van der Waals surface area contributed by atoms with Gasteiger partial charge in [0.15, 0.2) is 0 Å². The van der Waals surface area contributed by atoms with Crippen LogP contribution in [-0.2, 0) is 9.53 Å². The monoisotopic (exact) mass is 450 g/mol. The van der Waals surface area contributed by atoms with Crippen LogP contribution in [0.15, 0.2) is 42.7 Å². The number of nitrogens with zero attached hydrogens (tertiary/aromatic N) is 2. The molecule has 2 amide bonds. The first-order valence-corrected chi connectivity index (χ1v) is 10.2. The Hall–Kier alpha value is -4.14. The Balaban J connectivity index is 2.03. The van der Waals surface area contributed by atoms with Crippen LogP contribution in [0.5, 0.6) is 0 Å². The number of hydrogen-bond donors (Lipinski definition) is 3. The van der Waals surface area contributed by atoms with E-state index >= 15 is 0 Å². The zero-order chi connectivity index (χ0) is 24.3. The Kier molecular flexibility index (Phi) is 6.52. The highest BCUT2D eigenvalue weighted by atomic mass is 16.6. The van der Waals surface area contributed by atoms with Crippen molar-refractivity contribution in [1.29, 1.82) is 0 Å². The number of H-pyrrole nitrogens is 1. The summed E-state index contributed by atoms with van der Waals surface area (Å²) in [5.74, 6) is -1.34. The molecule has 0 atom stereocenters. The number of carbonyl (C=O) groups is 3. The number of aromatic amines is 1. The number of amides is 2. The second kappa shape index (κ2) is 9.15. The van der Waals surface area contributed by atoms with Crippen molar-refractivity contribution in [3.8, 4) is 11.1 Å². The van der Waals surface area contributed by atoms with Crippen LogP contribution in [0.2, 0.25) is 0 Å². The molecule has 3 N–H and O–H groups in total. The average Bonchev–Trinajstić information content (AvgIpc) is 3.12. The van der Waals surface area contributed by atoms with Crippen molar-refractivity contribution in [3.63, 3.8) is 0 Å². The number of carboxylic acids is 1. The van der Waals surface area contributed by atoms with Gasteiger partial charge in [-0.15, -0.1) is 0 Å². The zero-order valence-corrected chi connectivity index (χ0v) is 19.1. The summed E-state index contributed by atoms with van der Waals surface area (Å²) in [5, 5.41) is 12.3. The van der Waals surface area contributed by atoms with Crippen molar-refractivity contribution in [2.24, 2.45) is 0 Å². The van der Waals surface area contributed by atoms with Gasteiger partial charge in [0.05, 0.1) is 11.3 Å². The van der Waals surface area contributed by atoms with Crippen LogP contribution in [0.1, 0.15) is 36.7 Å². The Labute approximate surface area is 191 Å². The minimum Gasteiger partial charge on any atom is -0.478 e. The number of aliphatic carboxylic acids is 1. The average molecular weight is 450 g/mol. The lowest BCUT2D eigenvalue weighted by Crippen LogP contribution is -2.29. The van der Waals surface area contributed by atoms with E-state index in [0.29, 0.717) is 28.0 Å². The number of nitrogens with one attached hydrogen (secondary N) is 2. The summed E-state index contributed by atoms with van der Waals surface area (Å²) >= 11 is 0. The molecule has 1 aromatic carbocycles. The number of rotatable bonds is 5. The van der Waals surface area contributed by atoms with Gasteiger partial charge in [0.1, 0.15) is 11.2 Å². The standard InChI is InChI=1S/C24H26N4O5/c1-24(2,3)33-23(32)27-19-8-6-14(10-18(19)22(31)28(4)5)16-11-17-15(7-9-20(29)30)12-25-21(17)26-13-16/h6-13H,1-5H3,(H,25,26)(H,27,32)(H,29,30)/b9-7+. The lowest BCUT2D eigenvalue weighted by Gasteiger charge is -2.21. The van der Waals surface area contributed by atoms with E-state index in [2.05, 4.69) is 15.3 Å². The molecule has 3 rings (SSSR count). The maximum atomic E-state index is 12.8. The van der Waals surface area contributed by atoms with E-state index in [1.54, 1.807) is 65.5 Å². The van der Waals surface area contributed by atoms with Gasteiger partial charge in [-0.05, 0) is 50.6 Å². The molecule has 172 valence electrons. The molecular formula is C24H26N4O5. The summed E-state index contributed by atoms with van der Waals surface area (Å²) in [6, 6.07) is 6.95. The summed E-state index contributed by atoms with van der Waals surface area (Å²) in [7, 11) is 3.25. The van der Waals surface area contributed by atoms with Gasteiger partial charge in [-0.2, -0.15) is 0 Å². The largest absolute Gasteiger partial charge is 0.478 e. The van der Waals surface area contributed by atoms with Crippen LogP contribution in [0.3, 0.4) is 0 Å². The maximum absolute atomic E-state index is 12.8. The Morgan fingerprint density at radius 2 is 1.88 bits per heavy atom. The van der Waals surface area contributed by atoms with Gasteiger partial charge < -0.3 is 19.7 Å². The molecule has 2 heterocycles. The molecule has 9 nitrogen and oxygen atoms in total. The van der Waals surface area contributed by atoms with Gasteiger partial charge in [0.2, 0.25) is 0 Å². The van der Waals surface area contributed by atoms with E-state index in [1.165, 1.54) is 11.0 Å². The number of carboxylic acid groups (broad SMARTS) is 1. The number of pyridine rings is 1. The van der Waals surface area contributed by atoms with Crippen LogP contribution in [0.4, 0.5) is 10.5 Å². The molecule has 0 saturated carbocycles. The first-order valence-electron chi connectivity index (χ1n) is 10.2. The van der Waals surface area contributed by atoms with Gasteiger partial charge in [0.25, 0.3) is 5.91 Å². The third-order valence-electron chi connectivity index (χ3n) is 4.59. The van der Waals surface area contributed by atoms with E-state index in [9.17, 15) is 14.4 Å². The van der Waals surface area contributed by atoms with Crippen molar-refractivity contribution in [1.82, 2.24) is 14.9 Å². The molecular weight excluding hydrogens is 424 g/mol. The first-order chi connectivity index (χ1) is 15.4. The van der Waals surface area contributed by atoms with Gasteiger partial charge in [0, 0.05) is 49.1 Å². The van der Waals surface area contributed by atoms with Crippen LogP contribution in [0.25, 0.3) is 28.2 Å². The summed E-state index contributed by atoms with van der Waals surface area (Å²) in [6.45, 7) is 5.27. The van der Waals surface area contributed by atoms with E-state index < -0.39 is 17.7 Å². The highest BCUT2D eigenvalue weighted by Crippen LogP contribution is 2.29. The fourth-order valence-electron chi connectivity index (χ4n) is 3.14. The number of aromatic nitrogens is 2. The number of hydrogen-bond acceptors (Lipinski definition) is 5. The third-order valence-corrected chi connectivity index (χ3v) is 4.59. The molecule has 0 fully saturated rings. The lowest BCUT2D eigenvalue weighted by atomic mass is 10.0. The minimum atomic E-state index is -1.05. The van der Waals surface area contributed by atoms with Crippen LogP contribution < -0.4 is 5.32 Å². The third kappa shape index (κ3) is 5.76. The molecule has 0 unspecified atom stereocenters. The molecule has 33 heavy (non-hydrogen) atoms. The lowest BCUT2D eigenvalue weighted by molar-refractivity contribution is -0.131. The number of ether oxygens (including phenoxy) is 1. The fraction of sp³-hybridized carbons (Fsp3) is 0.250. The molecule has 0 bridgehead atoms. The summed E-state index contributed by atoms with van der Waals surface area (Å²) in [4.78, 5) is 44.8. The normalized spacial score (nSPS) is 11.5. The smallest absolute Gasteiger partial charge is 0.412 e. The van der Waals surface area contributed by atoms with Crippen LogP contribution in [0, 0.1) is 0 Å². The van der Waals surface area contributed by atoms with Crippen molar-refractivity contribution >= 4 is 40.8 Å². The zero-order valence-electron chi connectivity index (χ0n) is 19.1. The Bertz CT molecular complexity index is 1250. The quantitative estimate of drug-likeness (QED) is 0.496. The number of carbonyl (C=O) groups excluding carboxylic acids is 2. The first kappa shape index (κ1) is 23.5. The minimum absolute atomic E-state index is 0.288. The highest BCUT2D eigenvalue weighted by Gasteiger charge is 2.20. The highest BCUT2D eigenvalue weighted by molar-refractivity contribution is 6.04. The maximum Gasteiger partial charge on any atom is 0.412 e. The van der Waals surface area contributed by atoms with E-state index in [0.717, 1.165) is 17.0 Å². The fourth-order valence-corrected chi connectivity index (χ4v) is 3.14. The molecule has 0 aliphatic heterocycles. The Morgan fingerprint density at radius 1 is 1.15 bits per heavy atom. The van der Waals surface area contributed by atoms with Gasteiger partial charge in [-0.1, -0.05) is 6.07 Å². The molecule has 0 aliphatic carbocycles. The van der Waals surface area contributed by atoms with Crippen LogP contribution in [-0.4, -0.2) is 57.6 Å². The Morgan fingerprint density at radius 3 is 2.52 bits per heavy atom. The second-order valence-corrected chi connectivity index (χ2v) is 8.62. The van der Waals surface area contributed by atoms with Gasteiger partial charge in [-0.3, -0.25) is 10.1 Å². The molecule has 2 aromatic heterocycles.